The molecule has 0 aromatic heterocycles. The summed E-state index contributed by atoms with van der Waals surface area (Å²) in [6.07, 6.45) is 10.0. The summed E-state index contributed by atoms with van der Waals surface area (Å²) >= 11 is 0. The maximum atomic E-state index is 11.9. The quantitative estimate of drug-likeness (QED) is 0.760. The van der Waals surface area contributed by atoms with Crippen molar-refractivity contribution in [1.29, 1.82) is 0 Å². The zero-order chi connectivity index (χ0) is 12.8. The molecular formula is C15H26N2O. The Morgan fingerprint density at radius 3 is 2.50 bits per heavy atom. The predicted molar refractivity (Wildman–Crippen MR) is 74.4 cm³/mol. The second-order valence-corrected chi connectivity index (χ2v) is 5.79. The molecule has 0 aromatic carbocycles. The van der Waals surface area contributed by atoms with Crippen molar-refractivity contribution in [2.45, 2.75) is 51.0 Å². The van der Waals surface area contributed by atoms with Crippen molar-refractivity contribution in [3.8, 4) is 0 Å². The molecule has 2 rings (SSSR count). The third kappa shape index (κ3) is 4.13. The molecule has 102 valence electrons. The first-order valence-electron chi connectivity index (χ1n) is 7.40. The highest BCUT2D eigenvalue weighted by Crippen LogP contribution is 2.27. The highest BCUT2D eigenvalue weighted by molar-refractivity contribution is 5.76. The number of piperidine rings is 1. The van der Waals surface area contributed by atoms with Crippen LogP contribution in [0.3, 0.4) is 0 Å². The lowest BCUT2D eigenvalue weighted by Gasteiger charge is -2.31. The normalized spacial score (nSPS) is 23.1. The third-order valence-corrected chi connectivity index (χ3v) is 4.29. The number of nitrogens with zero attached hydrogens (tertiary/aromatic N) is 1. The van der Waals surface area contributed by atoms with E-state index in [4.69, 9.17) is 0 Å². The van der Waals surface area contributed by atoms with Gasteiger partial charge in [0, 0.05) is 32.1 Å². The van der Waals surface area contributed by atoms with Crippen molar-refractivity contribution in [2.24, 2.45) is 5.92 Å². The first-order valence-corrected chi connectivity index (χ1v) is 7.40. The lowest BCUT2D eigenvalue weighted by molar-refractivity contribution is -0.123. The van der Waals surface area contributed by atoms with E-state index >= 15 is 0 Å². The number of nitrogens with one attached hydrogen (secondary N) is 1. The molecule has 0 atom stereocenters. The monoisotopic (exact) mass is 250 g/mol. The Balaban J connectivity index is 1.64. The molecule has 1 aliphatic heterocycles. The maximum absolute atomic E-state index is 11.9. The van der Waals surface area contributed by atoms with Gasteiger partial charge >= 0.3 is 0 Å². The standard InChI is InChI=1S/C15H26N2O/c1-2-9-17-10-7-14(8-11-17)16-15(18)12-13-5-3-4-6-13/h2,13-14H,1,3-12H2,(H,16,18). The van der Waals surface area contributed by atoms with Crippen LogP contribution in [0, 0.1) is 5.92 Å². The molecule has 3 nitrogen and oxygen atoms in total. The van der Waals surface area contributed by atoms with Crippen molar-refractivity contribution in [2.75, 3.05) is 19.6 Å². The van der Waals surface area contributed by atoms with Gasteiger partial charge in [-0.25, -0.2) is 0 Å². The smallest absolute Gasteiger partial charge is 0.220 e. The molecule has 1 aliphatic carbocycles. The van der Waals surface area contributed by atoms with Crippen LogP contribution >= 0.6 is 0 Å². The molecule has 18 heavy (non-hydrogen) atoms. The first kappa shape index (κ1) is 13.6. The van der Waals surface area contributed by atoms with E-state index in [1.165, 1.54) is 25.7 Å². The van der Waals surface area contributed by atoms with Crippen LogP contribution in [0.5, 0.6) is 0 Å². The number of carbonyl (C=O) groups is 1. The van der Waals surface area contributed by atoms with Crippen molar-refractivity contribution in [3.05, 3.63) is 12.7 Å². The second kappa shape index (κ2) is 6.93. The Kier molecular flexibility index (Phi) is 5.24. The van der Waals surface area contributed by atoms with E-state index in [1.807, 2.05) is 6.08 Å². The molecular weight excluding hydrogens is 224 g/mol. The predicted octanol–water partition coefficient (Wildman–Crippen LogP) is 2.33. The topological polar surface area (TPSA) is 32.3 Å². The Labute approximate surface area is 111 Å². The van der Waals surface area contributed by atoms with E-state index in [-0.39, 0.29) is 5.91 Å². The molecule has 1 saturated heterocycles. The average molecular weight is 250 g/mol. The van der Waals surface area contributed by atoms with Gasteiger partial charge in [-0.3, -0.25) is 9.69 Å². The summed E-state index contributed by atoms with van der Waals surface area (Å²) in [6, 6.07) is 0.403. The van der Waals surface area contributed by atoms with Gasteiger partial charge in [-0.15, -0.1) is 6.58 Å². The summed E-state index contributed by atoms with van der Waals surface area (Å²) in [5, 5.41) is 3.22. The van der Waals surface area contributed by atoms with Crippen LogP contribution in [0.25, 0.3) is 0 Å². The molecule has 3 heteroatoms. The zero-order valence-electron chi connectivity index (χ0n) is 11.4. The SMILES string of the molecule is C=CCN1CCC(NC(=O)CC2CCCC2)CC1. The van der Waals surface area contributed by atoms with Gasteiger partial charge in [-0.05, 0) is 31.6 Å². The molecule has 1 amide bonds. The van der Waals surface area contributed by atoms with Crippen LogP contribution in [0.2, 0.25) is 0 Å². The Hall–Kier alpha value is -0.830. The first-order chi connectivity index (χ1) is 8.78. The van der Waals surface area contributed by atoms with E-state index in [0.29, 0.717) is 12.0 Å². The van der Waals surface area contributed by atoms with Gasteiger partial charge in [-0.1, -0.05) is 18.9 Å². The van der Waals surface area contributed by atoms with Crippen LogP contribution in [0.1, 0.15) is 44.9 Å². The minimum Gasteiger partial charge on any atom is -0.353 e. The van der Waals surface area contributed by atoms with Crippen molar-refractivity contribution < 1.29 is 4.79 Å². The lowest BCUT2D eigenvalue weighted by Crippen LogP contribution is -2.44. The summed E-state index contributed by atoms with van der Waals surface area (Å²) in [4.78, 5) is 14.3. The van der Waals surface area contributed by atoms with E-state index in [0.717, 1.165) is 38.9 Å². The number of amides is 1. The molecule has 1 N–H and O–H groups in total. The molecule has 0 radical (unpaired) electrons. The summed E-state index contributed by atoms with van der Waals surface area (Å²) in [5.74, 6) is 0.940. The van der Waals surface area contributed by atoms with Crippen LogP contribution < -0.4 is 5.32 Å². The number of hydrogen-bond acceptors (Lipinski definition) is 2. The number of carbonyl (C=O) groups excluding carboxylic acids is 1. The van der Waals surface area contributed by atoms with Crippen molar-refractivity contribution in [3.63, 3.8) is 0 Å². The second-order valence-electron chi connectivity index (χ2n) is 5.79. The third-order valence-electron chi connectivity index (χ3n) is 4.29. The van der Waals surface area contributed by atoms with E-state index in [2.05, 4.69) is 16.8 Å². The summed E-state index contributed by atoms with van der Waals surface area (Å²) in [5.41, 5.74) is 0. The molecule has 1 saturated carbocycles. The molecule has 0 unspecified atom stereocenters. The van der Waals surface area contributed by atoms with Gasteiger partial charge in [0.25, 0.3) is 0 Å². The van der Waals surface area contributed by atoms with E-state index in [9.17, 15) is 4.79 Å². The minimum atomic E-state index is 0.282. The van der Waals surface area contributed by atoms with Crippen LogP contribution in [-0.4, -0.2) is 36.5 Å². The fourth-order valence-electron chi connectivity index (χ4n) is 3.21. The molecule has 2 aliphatic rings. The van der Waals surface area contributed by atoms with Crippen LogP contribution in [-0.2, 0) is 4.79 Å². The van der Waals surface area contributed by atoms with E-state index in [1.54, 1.807) is 0 Å². The van der Waals surface area contributed by atoms with E-state index < -0.39 is 0 Å². The van der Waals surface area contributed by atoms with Gasteiger partial charge in [0.15, 0.2) is 0 Å². The highest BCUT2D eigenvalue weighted by Gasteiger charge is 2.22. The number of rotatable bonds is 5. The van der Waals surface area contributed by atoms with Crippen molar-refractivity contribution in [1.82, 2.24) is 10.2 Å². The van der Waals surface area contributed by atoms with Gasteiger partial charge < -0.3 is 5.32 Å². The van der Waals surface area contributed by atoms with Gasteiger partial charge in [0.05, 0.1) is 0 Å². The summed E-state index contributed by atoms with van der Waals surface area (Å²) < 4.78 is 0. The van der Waals surface area contributed by atoms with Crippen LogP contribution in [0.15, 0.2) is 12.7 Å². The van der Waals surface area contributed by atoms with Gasteiger partial charge in [0.2, 0.25) is 5.91 Å². The van der Waals surface area contributed by atoms with Crippen LogP contribution in [0.4, 0.5) is 0 Å². The molecule has 0 aromatic rings. The fourth-order valence-corrected chi connectivity index (χ4v) is 3.21. The lowest BCUT2D eigenvalue weighted by atomic mass is 10.0. The molecule has 1 heterocycles. The number of hydrogen-bond donors (Lipinski definition) is 1. The Morgan fingerprint density at radius 1 is 1.22 bits per heavy atom. The minimum absolute atomic E-state index is 0.282. The average Bonchev–Trinajstić information content (AvgIpc) is 2.84. The zero-order valence-corrected chi connectivity index (χ0v) is 11.4. The van der Waals surface area contributed by atoms with Gasteiger partial charge in [-0.2, -0.15) is 0 Å². The fraction of sp³-hybridized carbons (Fsp3) is 0.800. The molecule has 0 spiro atoms. The summed E-state index contributed by atoms with van der Waals surface area (Å²) in [7, 11) is 0. The molecule has 0 bridgehead atoms. The Bertz CT molecular complexity index is 276. The number of likely N-dealkylation sites (tertiary alicyclic amines) is 1. The van der Waals surface area contributed by atoms with Gasteiger partial charge in [0.1, 0.15) is 0 Å². The van der Waals surface area contributed by atoms with Crippen molar-refractivity contribution >= 4 is 5.91 Å². The Morgan fingerprint density at radius 2 is 1.89 bits per heavy atom. The maximum Gasteiger partial charge on any atom is 0.220 e. The summed E-state index contributed by atoms with van der Waals surface area (Å²) in [6.45, 7) is 6.91. The molecule has 2 fully saturated rings. The highest BCUT2D eigenvalue weighted by atomic mass is 16.1. The largest absolute Gasteiger partial charge is 0.353 e.